The smallest absolute Gasteiger partial charge is 0.338 e. The van der Waals surface area contributed by atoms with E-state index in [1.54, 1.807) is 0 Å². The predicted molar refractivity (Wildman–Crippen MR) is 119 cm³/mol. The van der Waals surface area contributed by atoms with Gasteiger partial charge in [0, 0.05) is 18.6 Å². The molecule has 1 aromatic carbocycles. The van der Waals surface area contributed by atoms with Gasteiger partial charge < -0.3 is 10.1 Å². The first-order valence-corrected chi connectivity index (χ1v) is 13.3. The molecule has 5 aliphatic rings. The van der Waals surface area contributed by atoms with Crippen molar-refractivity contribution in [1.29, 1.82) is 0 Å². The minimum Gasteiger partial charge on any atom is -0.452 e. The van der Waals surface area contributed by atoms with Gasteiger partial charge in [-0.05, 0) is 87.3 Å². The van der Waals surface area contributed by atoms with Crippen LogP contribution in [0.3, 0.4) is 0 Å². The second-order valence-electron chi connectivity index (χ2n) is 10.1. The summed E-state index contributed by atoms with van der Waals surface area (Å²) in [5.74, 6) is 1.08. The van der Waals surface area contributed by atoms with Gasteiger partial charge in [-0.15, -0.1) is 0 Å². The summed E-state index contributed by atoms with van der Waals surface area (Å²) in [6.07, 6.45) is 8.51. The highest BCUT2D eigenvalue weighted by Gasteiger charge is 2.51. The summed E-state index contributed by atoms with van der Waals surface area (Å²) in [6.45, 7) is 0.507. The molecule has 4 bridgehead atoms. The Kier molecular flexibility index (Phi) is 5.75. The molecule has 7 nitrogen and oxygen atoms in total. The number of sulfonamides is 1. The van der Waals surface area contributed by atoms with E-state index >= 15 is 0 Å². The van der Waals surface area contributed by atoms with Gasteiger partial charge in [0.15, 0.2) is 6.61 Å². The van der Waals surface area contributed by atoms with Crippen LogP contribution in [0.15, 0.2) is 23.1 Å². The Morgan fingerprint density at radius 3 is 2.25 bits per heavy atom. The molecule has 1 N–H and O–H groups in total. The molecule has 1 aliphatic heterocycles. The minimum atomic E-state index is -3.77. The lowest BCUT2D eigenvalue weighted by molar-refractivity contribution is -0.130. The zero-order valence-corrected chi connectivity index (χ0v) is 19.6. The average molecular weight is 481 g/mol. The van der Waals surface area contributed by atoms with E-state index in [0.717, 1.165) is 32.1 Å². The van der Waals surface area contributed by atoms with Crippen LogP contribution in [-0.4, -0.2) is 49.8 Å². The Hall–Kier alpha value is -1.64. The second-order valence-corrected chi connectivity index (χ2v) is 12.4. The van der Waals surface area contributed by atoms with Crippen LogP contribution in [-0.2, 0) is 19.6 Å². The van der Waals surface area contributed by atoms with Gasteiger partial charge in [0.2, 0.25) is 10.0 Å². The fourth-order valence-corrected chi connectivity index (χ4v) is 8.72. The number of ether oxygens (including phenoxy) is 1. The summed E-state index contributed by atoms with van der Waals surface area (Å²) < 4.78 is 32.4. The Bertz CT molecular complexity index is 1000. The molecular formula is C23H29ClN2O5S. The third kappa shape index (κ3) is 4.17. The number of nitrogens with one attached hydrogen (secondary N) is 1. The second kappa shape index (κ2) is 8.29. The van der Waals surface area contributed by atoms with Crippen molar-refractivity contribution in [3.63, 3.8) is 0 Å². The molecule has 1 aromatic rings. The van der Waals surface area contributed by atoms with Crippen molar-refractivity contribution in [2.75, 3.05) is 19.7 Å². The molecule has 1 saturated heterocycles. The maximum atomic E-state index is 12.9. The van der Waals surface area contributed by atoms with Crippen LogP contribution in [0, 0.1) is 17.8 Å². The van der Waals surface area contributed by atoms with Crippen molar-refractivity contribution in [2.24, 2.45) is 17.8 Å². The minimum absolute atomic E-state index is 0.0630. The molecule has 0 spiro atoms. The van der Waals surface area contributed by atoms with Gasteiger partial charge in [-0.25, -0.2) is 13.2 Å². The number of benzene rings is 1. The first-order chi connectivity index (χ1) is 15.2. The molecule has 1 heterocycles. The molecule has 0 aromatic heterocycles. The molecule has 0 radical (unpaired) electrons. The lowest BCUT2D eigenvalue weighted by Crippen LogP contribution is -2.60. The Labute approximate surface area is 193 Å². The van der Waals surface area contributed by atoms with Gasteiger partial charge in [0.1, 0.15) is 4.90 Å². The fraction of sp³-hybridized carbons (Fsp3) is 0.652. The van der Waals surface area contributed by atoms with Crippen molar-refractivity contribution in [3.05, 3.63) is 28.8 Å². The molecule has 174 valence electrons. The molecule has 0 unspecified atom stereocenters. The van der Waals surface area contributed by atoms with E-state index in [1.165, 1.54) is 41.8 Å². The van der Waals surface area contributed by atoms with Gasteiger partial charge >= 0.3 is 5.97 Å². The standard InChI is InChI=1S/C23H29ClN2O5S/c24-19-4-3-18(10-20(19)32(29,30)26-5-1-2-6-26)22(28)31-14-21(27)25-23-11-15-7-16(12-23)9-17(8-15)13-23/h3-4,10,15-17H,1-2,5-9,11-14H2,(H,25,27). The lowest BCUT2D eigenvalue weighted by Gasteiger charge is -2.56. The van der Waals surface area contributed by atoms with E-state index in [2.05, 4.69) is 5.32 Å². The normalized spacial score (nSPS) is 31.6. The quantitative estimate of drug-likeness (QED) is 0.630. The average Bonchev–Trinajstić information content (AvgIpc) is 3.27. The summed E-state index contributed by atoms with van der Waals surface area (Å²) in [6, 6.07) is 4.05. The number of nitrogens with zero attached hydrogens (tertiary/aromatic N) is 1. The predicted octanol–water partition coefficient (Wildman–Crippen LogP) is 3.37. The largest absolute Gasteiger partial charge is 0.452 e. The zero-order valence-electron chi connectivity index (χ0n) is 18.0. The number of carbonyl (C=O) groups excluding carboxylic acids is 2. The van der Waals surface area contributed by atoms with Crippen LogP contribution in [0.4, 0.5) is 0 Å². The molecule has 4 saturated carbocycles. The SMILES string of the molecule is O=C(COC(=O)c1ccc(Cl)c(S(=O)(=O)N2CCCC2)c1)NC12CC3CC(CC(C3)C1)C2. The van der Waals surface area contributed by atoms with Gasteiger partial charge in [-0.3, -0.25) is 4.79 Å². The highest BCUT2D eigenvalue weighted by molar-refractivity contribution is 7.89. The third-order valence-electron chi connectivity index (χ3n) is 7.63. The molecule has 32 heavy (non-hydrogen) atoms. The molecule has 1 amide bonds. The Morgan fingerprint density at radius 2 is 1.66 bits per heavy atom. The lowest BCUT2D eigenvalue weighted by atomic mass is 9.53. The number of amides is 1. The summed E-state index contributed by atoms with van der Waals surface area (Å²) in [5, 5.41) is 3.24. The van der Waals surface area contributed by atoms with E-state index in [1.807, 2.05) is 0 Å². The van der Waals surface area contributed by atoms with Gasteiger partial charge in [0.05, 0.1) is 10.6 Å². The highest BCUT2D eigenvalue weighted by atomic mass is 35.5. The Balaban J connectivity index is 1.22. The summed E-state index contributed by atoms with van der Waals surface area (Å²) in [5.41, 5.74) is -0.0788. The van der Waals surface area contributed by atoms with E-state index in [4.69, 9.17) is 16.3 Å². The summed E-state index contributed by atoms with van der Waals surface area (Å²) >= 11 is 6.14. The molecule has 4 aliphatic carbocycles. The third-order valence-corrected chi connectivity index (χ3v) is 10.0. The van der Waals surface area contributed by atoms with Crippen LogP contribution in [0.25, 0.3) is 0 Å². The number of halogens is 1. The number of hydrogen-bond donors (Lipinski definition) is 1. The molecule has 5 fully saturated rings. The zero-order chi connectivity index (χ0) is 22.5. The monoisotopic (exact) mass is 480 g/mol. The maximum Gasteiger partial charge on any atom is 0.338 e. The van der Waals surface area contributed by atoms with Gasteiger partial charge in [0.25, 0.3) is 5.91 Å². The van der Waals surface area contributed by atoms with Crippen LogP contribution in [0.5, 0.6) is 0 Å². The summed E-state index contributed by atoms with van der Waals surface area (Å²) in [7, 11) is -3.77. The van der Waals surface area contributed by atoms with Crippen molar-refractivity contribution in [1.82, 2.24) is 9.62 Å². The van der Waals surface area contributed by atoms with Crippen LogP contribution in [0.1, 0.15) is 61.7 Å². The van der Waals surface area contributed by atoms with Crippen LogP contribution >= 0.6 is 11.6 Å². The van der Waals surface area contributed by atoms with Crippen LogP contribution in [0.2, 0.25) is 5.02 Å². The van der Waals surface area contributed by atoms with E-state index in [-0.39, 0.29) is 33.5 Å². The first kappa shape index (κ1) is 22.2. The number of hydrogen-bond acceptors (Lipinski definition) is 5. The fourth-order valence-electron chi connectivity index (χ4n) is 6.71. The molecule has 6 rings (SSSR count). The van der Waals surface area contributed by atoms with Crippen molar-refractivity contribution in [2.45, 2.75) is 61.8 Å². The first-order valence-electron chi connectivity index (χ1n) is 11.5. The van der Waals surface area contributed by atoms with E-state index in [0.29, 0.717) is 30.8 Å². The van der Waals surface area contributed by atoms with Crippen LogP contribution < -0.4 is 5.32 Å². The van der Waals surface area contributed by atoms with Crippen molar-refractivity contribution >= 4 is 33.5 Å². The van der Waals surface area contributed by atoms with Gasteiger partial charge in [-0.1, -0.05) is 11.6 Å². The number of carbonyl (C=O) groups is 2. The maximum absolute atomic E-state index is 12.9. The topological polar surface area (TPSA) is 92.8 Å². The summed E-state index contributed by atoms with van der Waals surface area (Å²) in [4.78, 5) is 25.1. The molecular weight excluding hydrogens is 452 g/mol. The number of esters is 1. The van der Waals surface area contributed by atoms with Crippen molar-refractivity contribution < 1.29 is 22.7 Å². The molecule has 0 atom stereocenters. The van der Waals surface area contributed by atoms with E-state index < -0.39 is 16.0 Å². The highest BCUT2D eigenvalue weighted by Crippen LogP contribution is 2.55. The number of rotatable bonds is 6. The van der Waals surface area contributed by atoms with Crippen molar-refractivity contribution in [3.8, 4) is 0 Å². The van der Waals surface area contributed by atoms with Gasteiger partial charge in [-0.2, -0.15) is 4.31 Å². The molecule has 9 heteroatoms. The Morgan fingerprint density at radius 1 is 1.06 bits per heavy atom. The van der Waals surface area contributed by atoms with E-state index in [9.17, 15) is 18.0 Å².